The van der Waals surface area contributed by atoms with E-state index in [4.69, 9.17) is 28.4 Å². The highest BCUT2D eigenvalue weighted by atomic mass is 16.6. The first kappa shape index (κ1) is 23.6. The van der Waals surface area contributed by atoms with Crippen LogP contribution in [-0.4, -0.2) is 85.5 Å². The number of aliphatic hydroxyl groups excluding tert-OH is 1. The van der Waals surface area contributed by atoms with E-state index < -0.39 is 6.10 Å². The first-order valence-corrected chi connectivity index (χ1v) is 14.9. The van der Waals surface area contributed by atoms with Crippen LogP contribution < -0.4 is 0 Å². The molecule has 8 bridgehead atoms. The maximum Gasteiger partial charge on any atom is 0.104 e. The van der Waals surface area contributed by atoms with Crippen molar-refractivity contribution in [1.82, 2.24) is 0 Å². The summed E-state index contributed by atoms with van der Waals surface area (Å²) in [7, 11) is 0. The highest BCUT2D eigenvalue weighted by molar-refractivity contribution is 5.12. The molecule has 1 N–H and O–H groups in total. The molecular weight excluding hydrogens is 460 g/mol. The zero-order valence-corrected chi connectivity index (χ0v) is 21.7. The Morgan fingerprint density at radius 3 is 1.25 bits per heavy atom. The molecule has 0 amide bonds. The minimum atomic E-state index is -0.584. The van der Waals surface area contributed by atoms with Gasteiger partial charge in [-0.1, -0.05) is 0 Å². The summed E-state index contributed by atoms with van der Waals surface area (Å²) in [4.78, 5) is 0. The summed E-state index contributed by atoms with van der Waals surface area (Å²) in [5.41, 5.74) is -0.315. The summed E-state index contributed by atoms with van der Waals surface area (Å²) in [6.07, 6.45) is 13.8. The van der Waals surface area contributed by atoms with Crippen LogP contribution in [0.3, 0.4) is 0 Å². The summed E-state index contributed by atoms with van der Waals surface area (Å²) in [6, 6.07) is 0. The molecule has 8 saturated carbocycles. The molecule has 6 atom stereocenters. The van der Waals surface area contributed by atoms with Crippen molar-refractivity contribution in [2.75, 3.05) is 39.6 Å². The van der Waals surface area contributed by atoms with Crippen molar-refractivity contribution in [2.24, 2.45) is 23.7 Å². The van der Waals surface area contributed by atoms with Crippen LogP contribution in [0.5, 0.6) is 0 Å². The quantitative estimate of drug-likeness (QED) is 0.408. The maximum absolute atomic E-state index is 11.0. The molecule has 10 fully saturated rings. The molecule has 7 heteroatoms. The van der Waals surface area contributed by atoms with Gasteiger partial charge in [-0.25, -0.2) is 0 Å². The van der Waals surface area contributed by atoms with E-state index in [1.807, 2.05) is 0 Å². The summed E-state index contributed by atoms with van der Waals surface area (Å²) < 4.78 is 37.1. The van der Waals surface area contributed by atoms with Gasteiger partial charge in [0.05, 0.1) is 62.0 Å². The van der Waals surface area contributed by atoms with E-state index >= 15 is 0 Å². The molecule has 202 valence electrons. The molecule has 6 unspecified atom stereocenters. The summed E-state index contributed by atoms with van der Waals surface area (Å²) >= 11 is 0. The van der Waals surface area contributed by atoms with Gasteiger partial charge in [0.15, 0.2) is 0 Å². The molecule has 0 spiro atoms. The number of epoxide rings is 2. The van der Waals surface area contributed by atoms with Gasteiger partial charge in [-0.15, -0.1) is 0 Å². The molecule has 36 heavy (non-hydrogen) atoms. The molecule has 2 aliphatic heterocycles. The first-order chi connectivity index (χ1) is 17.4. The average molecular weight is 505 g/mol. The van der Waals surface area contributed by atoms with Gasteiger partial charge in [-0.2, -0.15) is 0 Å². The van der Waals surface area contributed by atoms with Crippen molar-refractivity contribution in [3.8, 4) is 0 Å². The summed E-state index contributed by atoms with van der Waals surface area (Å²) in [6.45, 7) is 3.89. The van der Waals surface area contributed by atoms with Crippen LogP contribution in [0.25, 0.3) is 0 Å². The van der Waals surface area contributed by atoms with Crippen molar-refractivity contribution < 1.29 is 33.5 Å². The smallest absolute Gasteiger partial charge is 0.104 e. The van der Waals surface area contributed by atoms with E-state index in [2.05, 4.69) is 0 Å². The number of aliphatic hydroxyl groups is 1. The van der Waals surface area contributed by atoms with E-state index in [-0.39, 0.29) is 22.4 Å². The number of rotatable bonds is 12. The SMILES string of the molecule is OC(COC12CC3CC(C1)CC(OCC1CO1)(C3)C2)COC12CC3CC(C1)CC(OCC1CO1)(C3)C2. The van der Waals surface area contributed by atoms with Gasteiger partial charge in [0.1, 0.15) is 18.3 Å². The third-order valence-corrected chi connectivity index (χ3v) is 11.0. The van der Waals surface area contributed by atoms with Gasteiger partial charge in [-0.05, 0) is 87.9 Å². The van der Waals surface area contributed by atoms with Crippen LogP contribution in [0.2, 0.25) is 0 Å². The Bertz CT molecular complexity index is 757. The second-order valence-corrected chi connectivity index (χ2v) is 14.5. The lowest BCUT2D eigenvalue weighted by molar-refractivity contribution is -0.255. The minimum Gasteiger partial charge on any atom is -0.388 e. The van der Waals surface area contributed by atoms with Crippen LogP contribution >= 0.6 is 0 Å². The third-order valence-electron chi connectivity index (χ3n) is 11.0. The highest BCUT2D eigenvalue weighted by Crippen LogP contribution is 2.61. The highest BCUT2D eigenvalue weighted by Gasteiger charge is 2.61. The predicted octanol–water partition coefficient (Wildman–Crippen LogP) is 3.39. The van der Waals surface area contributed by atoms with Gasteiger partial charge < -0.3 is 33.5 Å². The van der Waals surface area contributed by atoms with E-state index in [1.165, 1.54) is 38.5 Å². The Kier molecular flexibility index (Phi) is 5.48. The fraction of sp³-hybridized carbons (Fsp3) is 1.00. The molecule has 2 saturated heterocycles. The first-order valence-electron chi connectivity index (χ1n) is 14.9. The van der Waals surface area contributed by atoms with Crippen molar-refractivity contribution in [1.29, 1.82) is 0 Å². The van der Waals surface area contributed by atoms with Crippen LogP contribution in [0, 0.1) is 23.7 Å². The van der Waals surface area contributed by atoms with Crippen LogP contribution in [0.4, 0.5) is 0 Å². The standard InChI is InChI=1S/C29H44O7/c30-23(11-33-26-3-19-1-20(4-26)8-28(7-19,17-26)35-15-24-13-31-24)12-34-27-5-21-2-22(6-27)10-29(9-21,18-27)36-16-25-14-32-25/h19-25,30H,1-18H2. The average Bonchev–Trinajstić information content (AvgIpc) is 3.72. The van der Waals surface area contributed by atoms with Crippen molar-refractivity contribution in [3.05, 3.63) is 0 Å². The van der Waals surface area contributed by atoms with Crippen molar-refractivity contribution in [2.45, 2.75) is 118 Å². The second-order valence-electron chi connectivity index (χ2n) is 14.5. The molecule has 7 nitrogen and oxygen atoms in total. The van der Waals surface area contributed by atoms with Gasteiger partial charge in [-0.3, -0.25) is 0 Å². The van der Waals surface area contributed by atoms with Crippen molar-refractivity contribution >= 4 is 0 Å². The van der Waals surface area contributed by atoms with Crippen LogP contribution in [0.15, 0.2) is 0 Å². The number of hydrogen-bond acceptors (Lipinski definition) is 7. The Hall–Kier alpha value is -0.280. The van der Waals surface area contributed by atoms with Crippen molar-refractivity contribution in [3.63, 3.8) is 0 Å². The Balaban J connectivity index is 0.877. The second kappa shape index (κ2) is 8.36. The zero-order valence-electron chi connectivity index (χ0n) is 21.7. The molecule has 8 aliphatic carbocycles. The fourth-order valence-corrected chi connectivity index (χ4v) is 10.3. The monoisotopic (exact) mass is 504 g/mol. The molecule has 0 aromatic heterocycles. The van der Waals surface area contributed by atoms with Crippen LogP contribution in [0.1, 0.15) is 77.0 Å². The lowest BCUT2D eigenvalue weighted by atomic mass is 9.52. The van der Waals surface area contributed by atoms with E-state index in [1.54, 1.807) is 0 Å². The maximum atomic E-state index is 11.0. The Morgan fingerprint density at radius 1 is 0.583 bits per heavy atom. The molecule has 0 radical (unpaired) electrons. The van der Waals surface area contributed by atoms with Crippen LogP contribution in [-0.2, 0) is 28.4 Å². The molecule has 10 rings (SSSR count). The van der Waals surface area contributed by atoms with E-state index in [0.717, 1.165) is 65.0 Å². The predicted molar refractivity (Wildman–Crippen MR) is 130 cm³/mol. The largest absolute Gasteiger partial charge is 0.388 e. The van der Waals surface area contributed by atoms with Gasteiger partial charge in [0, 0.05) is 12.8 Å². The Morgan fingerprint density at radius 2 is 0.917 bits per heavy atom. The third kappa shape index (κ3) is 4.48. The molecule has 0 aromatic carbocycles. The summed E-state index contributed by atoms with van der Waals surface area (Å²) in [5.74, 6) is 2.79. The number of ether oxygens (including phenoxy) is 6. The fourth-order valence-electron chi connectivity index (χ4n) is 10.3. The van der Waals surface area contributed by atoms with Gasteiger partial charge in [0.2, 0.25) is 0 Å². The molecule has 2 heterocycles. The Labute approximate surface area is 214 Å². The normalized spacial score (nSPS) is 54.2. The van der Waals surface area contributed by atoms with Gasteiger partial charge in [0.25, 0.3) is 0 Å². The molecule has 10 aliphatic rings. The zero-order chi connectivity index (χ0) is 24.0. The topological polar surface area (TPSA) is 82.2 Å². The lowest BCUT2D eigenvalue weighted by Gasteiger charge is -2.61. The van der Waals surface area contributed by atoms with E-state index in [0.29, 0.717) is 49.1 Å². The summed E-state index contributed by atoms with van der Waals surface area (Å²) in [5, 5.41) is 11.0. The minimum absolute atomic E-state index is 0.0312. The molecular formula is C29H44O7. The van der Waals surface area contributed by atoms with E-state index in [9.17, 15) is 5.11 Å². The lowest BCUT2D eigenvalue weighted by Crippen LogP contribution is -2.62. The van der Waals surface area contributed by atoms with Gasteiger partial charge >= 0.3 is 0 Å². The molecule has 0 aromatic rings. The number of hydrogen-bond donors (Lipinski definition) is 1.